The Bertz CT molecular complexity index is 318. The number of phenols is 1. The molecule has 1 N–H and O–H groups in total. The standard InChI is InChI=1S/C10H14N2O/c1-8(11-12(2)3)9-6-4-5-7-10(9)13/h4-7,13H,1-3H3. The van der Waals surface area contributed by atoms with Crippen molar-refractivity contribution in [2.45, 2.75) is 6.92 Å². The van der Waals surface area contributed by atoms with E-state index >= 15 is 0 Å². The number of nitrogens with zero attached hydrogens (tertiary/aromatic N) is 2. The minimum absolute atomic E-state index is 0.269. The highest BCUT2D eigenvalue weighted by molar-refractivity contribution is 6.00. The molecule has 0 aromatic heterocycles. The second kappa shape index (κ2) is 3.94. The number of rotatable bonds is 2. The molecule has 0 aliphatic carbocycles. The molecule has 3 nitrogen and oxygen atoms in total. The Labute approximate surface area is 78.3 Å². The molecule has 70 valence electrons. The molecule has 0 fully saturated rings. The van der Waals surface area contributed by atoms with Crippen molar-refractivity contribution in [2.24, 2.45) is 5.10 Å². The lowest BCUT2D eigenvalue weighted by molar-refractivity contribution is 0.436. The van der Waals surface area contributed by atoms with Gasteiger partial charge in [-0.05, 0) is 19.1 Å². The second-order valence-corrected chi connectivity index (χ2v) is 3.05. The molecule has 0 saturated heterocycles. The normalized spacial score (nSPS) is 11.5. The number of hydrogen-bond acceptors (Lipinski definition) is 3. The van der Waals surface area contributed by atoms with Gasteiger partial charge in [-0.15, -0.1) is 0 Å². The molecule has 1 aromatic carbocycles. The fourth-order valence-corrected chi connectivity index (χ4v) is 1.13. The summed E-state index contributed by atoms with van der Waals surface area (Å²) in [7, 11) is 3.70. The van der Waals surface area contributed by atoms with Crippen LogP contribution in [0.1, 0.15) is 12.5 Å². The molecule has 0 aliphatic rings. The molecule has 0 atom stereocenters. The summed E-state index contributed by atoms with van der Waals surface area (Å²) >= 11 is 0. The fraction of sp³-hybridized carbons (Fsp3) is 0.300. The van der Waals surface area contributed by atoms with Crippen LogP contribution >= 0.6 is 0 Å². The first kappa shape index (κ1) is 9.58. The van der Waals surface area contributed by atoms with Gasteiger partial charge < -0.3 is 10.1 Å². The van der Waals surface area contributed by atoms with E-state index in [-0.39, 0.29) is 5.75 Å². The van der Waals surface area contributed by atoms with E-state index in [4.69, 9.17) is 0 Å². The first-order valence-corrected chi connectivity index (χ1v) is 4.12. The van der Waals surface area contributed by atoms with Crippen molar-refractivity contribution in [3.63, 3.8) is 0 Å². The summed E-state index contributed by atoms with van der Waals surface area (Å²) in [5, 5.41) is 15.4. The summed E-state index contributed by atoms with van der Waals surface area (Å²) in [5.74, 6) is 0.269. The summed E-state index contributed by atoms with van der Waals surface area (Å²) in [6.07, 6.45) is 0. The lowest BCUT2D eigenvalue weighted by atomic mass is 10.1. The van der Waals surface area contributed by atoms with Crippen LogP contribution in [0.2, 0.25) is 0 Å². The molecule has 0 amide bonds. The van der Waals surface area contributed by atoms with Crippen molar-refractivity contribution in [3.8, 4) is 5.75 Å². The van der Waals surface area contributed by atoms with Gasteiger partial charge in [-0.25, -0.2) is 0 Å². The molecule has 0 bridgehead atoms. The predicted octanol–water partition coefficient (Wildman–Crippen LogP) is 1.68. The fourth-order valence-electron chi connectivity index (χ4n) is 1.13. The van der Waals surface area contributed by atoms with E-state index in [9.17, 15) is 5.11 Å². The van der Waals surface area contributed by atoms with Crippen molar-refractivity contribution in [3.05, 3.63) is 29.8 Å². The maximum Gasteiger partial charge on any atom is 0.124 e. The number of aromatic hydroxyl groups is 1. The molecule has 13 heavy (non-hydrogen) atoms. The summed E-state index contributed by atoms with van der Waals surface area (Å²) in [4.78, 5) is 0. The van der Waals surface area contributed by atoms with Gasteiger partial charge in [0, 0.05) is 19.7 Å². The SMILES string of the molecule is CC(=NN(C)C)c1ccccc1O. The molecule has 0 aliphatic heterocycles. The molecular weight excluding hydrogens is 164 g/mol. The highest BCUT2D eigenvalue weighted by atomic mass is 16.3. The van der Waals surface area contributed by atoms with Crippen molar-refractivity contribution in [1.29, 1.82) is 0 Å². The maximum atomic E-state index is 9.49. The Hall–Kier alpha value is -1.51. The van der Waals surface area contributed by atoms with Gasteiger partial charge in [0.15, 0.2) is 0 Å². The zero-order chi connectivity index (χ0) is 9.84. The zero-order valence-corrected chi connectivity index (χ0v) is 8.15. The van der Waals surface area contributed by atoms with Crippen LogP contribution in [0.5, 0.6) is 5.75 Å². The van der Waals surface area contributed by atoms with E-state index in [1.54, 1.807) is 17.1 Å². The largest absolute Gasteiger partial charge is 0.507 e. The van der Waals surface area contributed by atoms with E-state index in [2.05, 4.69) is 5.10 Å². The minimum Gasteiger partial charge on any atom is -0.507 e. The van der Waals surface area contributed by atoms with Gasteiger partial charge in [0.05, 0.1) is 5.71 Å². The Morgan fingerprint density at radius 1 is 1.31 bits per heavy atom. The Morgan fingerprint density at radius 3 is 2.46 bits per heavy atom. The lowest BCUT2D eigenvalue weighted by Gasteiger charge is -2.08. The minimum atomic E-state index is 0.269. The highest BCUT2D eigenvalue weighted by Crippen LogP contribution is 2.16. The molecule has 0 spiro atoms. The van der Waals surface area contributed by atoms with Crippen LogP contribution in [0.25, 0.3) is 0 Å². The number of hydrazone groups is 1. The quantitative estimate of drug-likeness (QED) is 0.552. The topological polar surface area (TPSA) is 35.8 Å². The van der Waals surface area contributed by atoms with Gasteiger partial charge >= 0.3 is 0 Å². The van der Waals surface area contributed by atoms with Crippen LogP contribution in [0.15, 0.2) is 29.4 Å². The van der Waals surface area contributed by atoms with Crippen LogP contribution in [0.4, 0.5) is 0 Å². The monoisotopic (exact) mass is 178 g/mol. The van der Waals surface area contributed by atoms with Gasteiger partial charge in [-0.2, -0.15) is 5.10 Å². The smallest absolute Gasteiger partial charge is 0.124 e. The van der Waals surface area contributed by atoms with Crippen LogP contribution in [0.3, 0.4) is 0 Å². The lowest BCUT2D eigenvalue weighted by Crippen LogP contribution is -2.07. The summed E-state index contributed by atoms with van der Waals surface area (Å²) < 4.78 is 0. The number of para-hydroxylation sites is 1. The number of benzene rings is 1. The van der Waals surface area contributed by atoms with E-state index in [1.165, 1.54) is 0 Å². The van der Waals surface area contributed by atoms with Crippen molar-refractivity contribution >= 4 is 5.71 Å². The van der Waals surface area contributed by atoms with E-state index in [0.29, 0.717) is 0 Å². The van der Waals surface area contributed by atoms with E-state index in [1.807, 2.05) is 33.2 Å². The van der Waals surface area contributed by atoms with Crippen LogP contribution < -0.4 is 0 Å². The third-order valence-corrected chi connectivity index (χ3v) is 1.64. The first-order chi connectivity index (χ1) is 6.11. The summed E-state index contributed by atoms with van der Waals surface area (Å²) in [6, 6.07) is 7.17. The third kappa shape index (κ3) is 2.47. The predicted molar refractivity (Wildman–Crippen MR) is 54.0 cm³/mol. The number of hydrogen-bond donors (Lipinski definition) is 1. The van der Waals surface area contributed by atoms with Crippen LogP contribution in [-0.2, 0) is 0 Å². The van der Waals surface area contributed by atoms with Gasteiger partial charge in [-0.3, -0.25) is 0 Å². The van der Waals surface area contributed by atoms with E-state index in [0.717, 1.165) is 11.3 Å². The average molecular weight is 178 g/mol. The van der Waals surface area contributed by atoms with Gasteiger partial charge in [0.25, 0.3) is 0 Å². The number of phenolic OH excluding ortho intramolecular Hbond substituents is 1. The molecule has 0 unspecified atom stereocenters. The Morgan fingerprint density at radius 2 is 1.92 bits per heavy atom. The van der Waals surface area contributed by atoms with Crippen molar-refractivity contribution in [1.82, 2.24) is 5.01 Å². The van der Waals surface area contributed by atoms with Crippen LogP contribution in [0, 0.1) is 0 Å². The van der Waals surface area contributed by atoms with Crippen molar-refractivity contribution in [2.75, 3.05) is 14.1 Å². The van der Waals surface area contributed by atoms with E-state index < -0.39 is 0 Å². The Balaban J connectivity index is 3.02. The second-order valence-electron chi connectivity index (χ2n) is 3.05. The molecule has 3 heteroatoms. The third-order valence-electron chi connectivity index (χ3n) is 1.64. The molecule has 0 saturated carbocycles. The van der Waals surface area contributed by atoms with Gasteiger partial charge in [-0.1, -0.05) is 12.1 Å². The highest BCUT2D eigenvalue weighted by Gasteiger charge is 2.02. The average Bonchev–Trinajstić information content (AvgIpc) is 2.03. The molecule has 1 aromatic rings. The molecule has 0 radical (unpaired) electrons. The summed E-state index contributed by atoms with van der Waals surface area (Å²) in [6.45, 7) is 1.87. The molecule has 0 heterocycles. The van der Waals surface area contributed by atoms with Crippen molar-refractivity contribution < 1.29 is 5.11 Å². The first-order valence-electron chi connectivity index (χ1n) is 4.12. The van der Waals surface area contributed by atoms with Gasteiger partial charge in [0.1, 0.15) is 5.75 Å². The molecule has 1 rings (SSSR count). The zero-order valence-electron chi connectivity index (χ0n) is 8.15. The van der Waals surface area contributed by atoms with Crippen LogP contribution in [-0.4, -0.2) is 29.9 Å². The van der Waals surface area contributed by atoms with Gasteiger partial charge in [0.2, 0.25) is 0 Å². The summed E-state index contributed by atoms with van der Waals surface area (Å²) in [5.41, 5.74) is 1.58. The Kier molecular flexibility index (Phi) is 2.90. The maximum absolute atomic E-state index is 9.49. The molecular formula is C10H14N2O.